The average molecular weight is 398 g/mol. The number of halogens is 3. The minimum Gasteiger partial charge on any atom is -0.391 e. The Hall–Kier alpha value is -2.62. The molecule has 3 heterocycles. The number of aromatic nitrogens is 2. The molecule has 1 amide bonds. The molecular formula is C18H21F3N4O3. The first-order valence-electron chi connectivity index (χ1n) is 8.71. The summed E-state index contributed by atoms with van der Waals surface area (Å²) in [4.78, 5) is 18.0. The van der Waals surface area contributed by atoms with Gasteiger partial charge < -0.3 is 19.8 Å². The van der Waals surface area contributed by atoms with Gasteiger partial charge >= 0.3 is 6.18 Å². The Morgan fingerprint density at radius 3 is 2.57 bits per heavy atom. The maximum absolute atomic E-state index is 12.7. The molecule has 0 saturated carbocycles. The number of pyridine rings is 1. The lowest BCUT2D eigenvalue weighted by Crippen LogP contribution is -2.40. The summed E-state index contributed by atoms with van der Waals surface area (Å²) in [6.45, 7) is 5.89. The van der Waals surface area contributed by atoms with Gasteiger partial charge in [-0.15, -0.1) is 0 Å². The van der Waals surface area contributed by atoms with E-state index in [-0.39, 0.29) is 30.0 Å². The number of aliphatic hydroxyl groups excluding tert-OH is 1. The molecule has 2 aromatic heterocycles. The Balaban J connectivity index is 1.76. The first-order valence-corrected chi connectivity index (χ1v) is 8.71. The molecule has 3 rings (SSSR count). The molecule has 0 unspecified atom stereocenters. The summed E-state index contributed by atoms with van der Waals surface area (Å²) in [5.74, 6) is 0.555. The third-order valence-corrected chi connectivity index (χ3v) is 4.45. The van der Waals surface area contributed by atoms with Crippen LogP contribution in [0.25, 0.3) is 0 Å². The molecule has 2 aromatic rings. The first-order chi connectivity index (χ1) is 12.9. The van der Waals surface area contributed by atoms with Crippen LogP contribution in [0.3, 0.4) is 0 Å². The first kappa shape index (κ1) is 20.1. The number of aliphatic hydroxyl groups is 1. The summed E-state index contributed by atoms with van der Waals surface area (Å²) in [6, 6.07) is 2.91. The highest BCUT2D eigenvalue weighted by molar-refractivity contribution is 5.96. The van der Waals surface area contributed by atoms with Crippen LogP contribution < -0.4 is 10.2 Å². The van der Waals surface area contributed by atoms with E-state index < -0.39 is 29.8 Å². The van der Waals surface area contributed by atoms with Crippen molar-refractivity contribution in [2.45, 2.75) is 50.9 Å². The number of β-amino-alcohol motifs (C(OH)–C–C–N with tert-alkyl or cyclic N) is 1. The van der Waals surface area contributed by atoms with E-state index in [0.29, 0.717) is 12.0 Å². The van der Waals surface area contributed by atoms with E-state index in [2.05, 4.69) is 15.5 Å². The van der Waals surface area contributed by atoms with Crippen molar-refractivity contribution in [1.82, 2.24) is 10.1 Å². The van der Waals surface area contributed by atoms with Gasteiger partial charge in [0.05, 0.1) is 11.7 Å². The molecule has 10 heteroatoms. The summed E-state index contributed by atoms with van der Waals surface area (Å²) in [5.41, 5.74) is -1.16. The Morgan fingerprint density at radius 1 is 1.32 bits per heavy atom. The predicted molar refractivity (Wildman–Crippen MR) is 94.8 cm³/mol. The minimum absolute atomic E-state index is 0.0858. The third kappa shape index (κ3) is 4.27. The molecule has 2 atom stereocenters. The zero-order chi connectivity index (χ0) is 20.7. The average Bonchev–Trinajstić information content (AvgIpc) is 3.20. The molecule has 1 aliphatic rings. The van der Waals surface area contributed by atoms with Crippen molar-refractivity contribution in [1.29, 1.82) is 0 Å². The molecule has 0 aliphatic carbocycles. The molecule has 0 aromatic carbocycles. The van der Waals surface area contributed by atoms with Gasteiger partial charge in [-0.2, -0.15) is 13.2 Å². The lowest BCUT2D eigenvalue weighted by molar-refractivity contribution is -0.137. The van der Waals surface area contributed by atoms with E-state index in [1.54, 1.807) is 6.07 Å². The molecule has 2 N–H and O–H groups in total. The Bertz CT molecular complexity index is 843. The quantitative estimate of drug-likeness (QED) is 0.826. The fraction of sp³-hybridized carbons (Fsp3) is 0.500. The van der Waals surface area contributed by atoms with Crippen molar-refractivity contribution >= 4 is 17.5 Å². The van der Waals surface area contributed by atoms with Crippen LogP contribution in [0.5, 0.6) is 0 Å². The zero-order valence-corrected chi connectivity index (χ0v) is 15.6. The SMILES string of the molecule is CC(C)(C)c1cc(NC(=O)[C@@H]2C[C@@H](O)CN2c2ccc(C(F)(F)F)cn2)no1. The van der Waals surface area contributed by atoms with Crippen molar-refractivity contribution in [3.05, 3.63) is 35.7 Å². The number of hydrogen-bond acceptors (Lipinski definition) is 6. The zero-order valence-electron chi connectivity index (χ0n) is 15.6. The van der Waals surface area contributed by atoms with E-state index in [9.17, 15) is 23.1 Å². The normalized spacial score (nSPS) is 20.5. The summed E-state index contributed by atoms with van der Waals surface area (Å²) in [6.07, 6.45) is -4.46. The number of carbonyl (C=O) groups is 1. The summed E-state index contributed by atoms with van der Waals surface area (Å²) in [7, 11) is 0. The fourth-order valence-corrected chi connectivity index (χ4v) is 2.94. The second kappa shape index (κ2) is 7.08. The summed E-state index contributed by atoms with van der Waals surface area (Å²) in [5, 5.41) is 16.4. The van der Waals surface area contributed by atoms with Gasteiger partial charge in [0.1, 0.15) is 17.6 Å². The predicted octanol–water partition coefficient (Wildman–Crippen LogP) is 2.96. The van der Waals surface area contributed by atoms with Gasteiger partial charge in [-0.05, 0) is 12.1 Å². The maximum Gasteiger partial charge on any atom is 0.417 e. The lowest BCUT2D eigenvalue weighted by atomic mass is 9.93. The molecule has 7 nitrogen and oxygen atoms in total. The molecule has 0 bridgehead atoms. The number of nitrogens with zero attached hydrogens (tertiary/aromatic N) is 3. The van der Waals surface area contributed by atoms with Crippen LogP contribution in [-0.2, 0) is 16.4 Å². The molecule has 1 fully saturated rings. The van der Waals surface area contributed by atoms with Crippen LogP contribution in [0.1, 0.15) is 38.5 Å². The highest BCUT2D eigenvalue weighted by Crippen LogP contribution is 2.31. The van der Waals surface area contributed by atoms with E-state index in [1.165, 1.54) is 11.0 Å². The van der Waals surface area contributed by atoms with Gasteiger partial charge in [-0.25, -0.2) is 4.98 Å². The molecule has 0 radical (unpaired) electrons. The van der Waals surface area contributed by atoms with Crippen LogP contribution in [-0.4, -0.2) is 39.8 Å². The van der Waals surface area contributed by atoms with Gasteiger partial charge in [-0.1, -0.05) is 25.9 Å². The smallest absolute Gasteiger partial charge is 0.391 e. The molecule has 28 heavy (non-hydrogen) atoms. The van der Waals surface area contributed by atoms with Gasteiger partial charge in [0.15, 0.2) is 5.82 Å². The topological polar surface area (TPSA) is 91.5 Å². The standard InChI is InChI=1S/C18H21F3N4O3/c1-17(2,3)13-7-14(24-28-13)23-16(27)12-6-11(26)9-25(12)15-5-4-10(8-22-15)18(19,20)21/h4-5,7-8,11-12,26H,6,9H2,1-3H3,(H,23,24,27)/t11-,12+/m1/s1. The highest BCUT2D eigenvalue weighted by atomic mass is 19.4. The monoisotopic (exact) mass is 398 g/mol. The van der Waals surface area contributed by atoms with Crippen molar-refractivity contribution in [3.8, 4) is 0 Å². The largest absolute Gasteiger partial charge is 0.417 e. The van der Waals surface area contributed by atoms with Crippen molar-refractivity contribution in [3.63, 3.8) is 0 Å². The second-order valence-electron chi connectivity index (χ2n) is 7.78. The van der Waals surface area contributed by atoms with Gasteiger partial charge in [-0.3, -0.25) is 4.79 Å². The van der Waals surface area contributed by atoms with Crippen LogP contribution in [0.2, 0.25) is 0 Å². The number of carbonyl (C=O) groups excluding carboxylic acids is 1. The summed E-state index contributed by atoms with van der Waals surface area (Å²) >= 11 is 0. The van der Waals surface area contributed by atoms with E-state index in [4.69, 9.17) is 4.52 Å². The Kier molecular flexibility index (Phi) is 5.09. The molecule has 0 spiro atoms. The van der Waals surface area contributed by atoms with Gasteiger partial charge in [0.25, 0.3) is 0 Å². The van der Waals surface area contributed by atoms with E-state index in [1.807, 2.05) is 20.8 Å². The van der Waals surface area contributed by atoms with E-state index >= 15 is 0 Å². The minimum atomic E-state index is -4.50. The lowest BCUT2D eigenvalue weighted by Gasteiger charge is -2.24. The number of amides is 1. The van der Waals surface area contributed by atoms with Crippen molar-refractivity contribution < 1.29 is 27.6 Å². The number of alkyl halides is 3. The number of hydrogen-bond donors (Lipinski definition) is 2. The van der Waals surface area contributed by atoms with Crippen LogP contribution in [0.4, 0.5) is 24.8 Å². The number of anilines is 2. The Labute approximate surface area is 159 Å². The fourth-order valence-electron chi connectivity index (χ4n) is 2.94. The second-order valence-corrected chi connectivity index (χ2v) is 7.78. The molecule has 1 aliphatic heterocycles. The number of rotatable bonds is 3. The molecular weight excluding hydrogens is 377 g/mol. The molecule has 152 valence electrons. The van der Waals surface area contributed by atoms with Crippen molar-refractivity contribution in [2.24, 2.45) is 0 Å². The highest BCUT2D eigenvalue weighted by Gasteiger charge is 2.38. The summed E-state index contributed by atoms with van der Waals surface area (Å²) < 4.78 is 43.4. The maximum atomic E-state index is 12.7. The van der Waals surface area contributed by atoms with Gasteiger partial charge in [0, 0.05) is 30.6 Å². The van der Waals surface area contributed by atoms with Crippen LogP contribution >= 0.6 is 0 Å². The van der Waals surface area contributed by atoms with Gasteiger partial charge in [0.2, 0.25) is 5.91 Å². The molecule has 1 saturated heterocycles. The third-order valence-electron chi connectivity index (χ3n) is 4.45. The Morgan fingerprint density at radius 2 is 2.04 bits per heavy atom. The van der Waals surface area contributed by atoms with Crippen LogP contribution in [0.15, 0.2) is 28.9 Å². The number of nitrogens with one attached hydrogen (secondary N) is 1. The van der Waals surface area contributed by atoms with Crippen LogP contribution in [0, 0.1) is 0 Å². The van der Waals surface area contributed by atoms with Crippen molar-refractivity contribution in [2.75, 3.05) is 16.8 Å². The van der Waals surface area contributed by atoms with E-state index in [0.717, 1.165) is 6.07 Å².